The first-order valence-electron chi connectivity index (χ1n) is 7.63. The Morgan fingerprint density at radius 2 is 2.00 bits per heavy atom. The minimum Gasteiger partial charge on any atom is -0.506 e. The Morgan fingerprint density at radius 3 is 2.84 bits per heavy atom. The van der Waals surface area contributed by atoms with E-state index in [2.05, 4.69) is 20.4 Å². The molecule has 0 radical (unpaired) electrons. The van der Waals surface area contributed by atoms with Gasteiger partial charge in [0.05, 0.1) is 23.0 Å². The summed E-state index contributed by atoms with van der Waals surface area (Å²) in [6, 6.07) is 11.4. The molecule has 4 aromatic rings. The van der Waals surface area contributed by atoms with E-state index in [-0.39, 0.29) is 11.6 Å². The predicted molar refractivity (Wildman–Crippen MR) is 92.7 cm³/mol. The summed E-state index contributed by atoms with van der Waals surface area (Å²) >= 11 is 0. The SMILES string of the molecule is Cc1ccc(O)c(Nc2ncnc3c2cnn3-c2cccc(F)c2)c1. The monoisotopic (exact) mass is 335 g/mol. The van der Waals surface area contributed by atoms with E-state index in [0.29, 0.717) is 28.2 Å². The highest BCUT2D eigenvalue weighted by Gasteiger charge is 2.13. The summed E-state index contributed by atoms with van der Waals surface area (Å²) in [5, 5.41) is 18.1. The average molecular weight is 335 g/mol. The summed E-state index contributed by atoms with van der Waals surface area (Å²) in [6.45, 7) is 1.93. The molecular weight excluding hydrogens is 321 g/mol. The molecule has 0 saturated carbocycles. The van der Waals surface area contributed by atoms with Gasteiger partial charge in [-0.25, -0.2) is 19.0 Å². The Kier molecular flexibility index (Phi) is 3.53. The zero-order chi connectivity index (χ0) is 17.4. The number of aromatic nitrogens is 4. The average Bonchev–Trinajstić information content (AvgIpc) is 3.03. The predicted octanol–water partition coefficient (Wildman–Crippen LogP) is 3.71. The lowest BCUT2D eigenvalue weighted by atomic mass is 10.2. The first-order valence-corrected chi connectivity index (χ1v) is 7.63. The van der Waals surface area contributed by atoms with Gasteiger partial charge in [-0.05, 0) is 42.8 Å². The Morgan fingerprint density at radius 1 is 1.12 bits per heavy atom. The van der Waals surface area contributed by atoms with Crippen molar-refractivity contribution in [2.45, 2.75) is 6.92 Å². The van der Waals surface area contributed by atoms with E-state index in [1.54, 1.807) is 29.1 Å². The van der Waals surface area contributed by atoms with Crippen LogP contribution in [0, 0.1) is 12.7 Å². The third-order valence-corrected chi connectivity index (χ3v) is 3.82. The van der Waals surface area contributed by atoms with Crippen molar-refractivity contribution in [3.63, 3.8) is 0 Å². The Bertz CT molecular complexity index is 1080. The molecule has 0 saturated heterocycles. The van der Waals surface area contributed by atoms with Gasteiger partial charge < -0.3 is 10.4 Å². The molecule has 0 aliphatic carbocycles. The summed E-state index contributed by atoms with van der Waals surface area (Å²) in [5.41, 5.74) is 2.65. The standard InChI is InChI=1S/C18H14FN5O/c1-11-5-6-16(25)15(7-11)23-17-14-9-22-24(18(14)21-10-20-17)13-4-2-3-12(19)8-13/h2-10,25H,1H3,(H,20,21,23). The van der Waals surface area contributed by atoms with Gasteiger partial charge in [-0.3, -0.25) is 0 Å². The van der Waals surface area contributed by atoms with Gasteiger partial charge in [0.2, 0.25) is 0 Å². The van der Waals surface area contributed by atoms with Gasteiger partial charge in [0.25, 0.3) is 0 Å². The molecule has 0 aliphatic heterocycles. The molecule has 4 rings (SSSR count). The number of nitrogens with zero attached hydrogens (tertiary/aromatic N) is 4. The molecule has 25 heavy (non-hydrogen) atoms. The van der Waals surface area contributed by atoms with E-state index in [9.17, 15) is 9.50 Å². The van der Waals surface area contributed by atoms with E-state index in [4.69, 9.17) is 0 Å². The minimum atomic E-state index is -0.349. The van der Waals surface area contributed by atoms with Gasteiger partial charge in [0.15, 0.2) is 5.65 Å². The second-order valence-electron chi connectivity index (χ2n) is 5.64. The third kappa shape index (κ3) is 2.76. The summed E-state index contributed by atoms with van der Waals surface area (Å²) in [6.07, 6.45) is 3.00. The van der Waals surface area contributed by atoms with Crippen LogP contribution in [-0.2, 0) is 0 Å². The Balaban J connectivity index is 1.80. The van der Waals surface area contributed by atoms with Crippen molar-refractivity contribution in [1.29, 1.82) is 0 Å². The number of nitrogens with one attached hydrogen (secondary N) is 1. The lowest BCUT2D eigenvalue weighted by Gasteiger charge is -2.09. The van der Waals surface area contributed by atoms with Crippen molar-refractivity contribution in [2.24, 2.45) is 0 Å². The van der Waals surface area contributed by atoms with Crippen LogP contribution in [0.15, 0.2) is 55.0 Å². The van der Waals surface area contributed by atoms with Gasteiger partial charge in [0.1, 0.15) is 23.7 Å². The number of hydrogen-bond acceptors (Lipinski definition) is 5. The molecule has 124 valence electrons. The smallest absolute Gasteiger partial charge is 0.168 e. The van der Waals surface area contributed by atoms with Crippen LogP contribution >= 0.6 is 0 Å². The minimum absolute atomic E-state index is 0.120. The number of phenols is 1. The summed E-state index contributed by atoms with van der Waals surface area (Å²) in [5.74, 6) is 0.279. The quantitative estimate of drug-likeness (QED) is 0.558. The van der Waals surface area contributed by atoms with Gasteiger partial charge in [-0.15, -0.1) is 0 Å². The van der Waals surface area contributed by atoms with E-state index in [1.165, 1.54) is 18.5 Å². The Labute approximate surface area is 142 Å². The first-order chi connectivity index (χ1) is 12.1. The topological polar surface area (TPSA) is 75.9 Å². The lowest BCUT2D eigenvalue weighted by Crippen LogP contribution is -2.00. The number of aryl methyl sites for hydroxylation is 1. The summed E-state index contributed by atoms with van der Waals surface area (Å²) < 4.78 is 15.0. The molecule has 0 atom stereocenters. The second-order valence-corrected chi connectivity index (χ2v) is 5.64. The zero-order valence-corrected chi connectivity index (χ0v) is 13.3. The number of rotatable bonds is 3. The molecule has 7 heteroatoms. The first kappa shape index (κ1) is 15.1. The number of phenolic OH excluding ortho intramolecular Hbond substituents is 1. The molecule has 2 aromatic heterocycles. The lowest BCUT2D eigenvalue weighted by molar-refractivity contribution is 0.477. The van der Waals surface area contributed by atoms with E-state index in [0.717, 1.165) is 5.56 Å². The van der Waals surface area contributed by atoms with Crippen LogP contribution in [0.25, 0.3) is 16.7 Å². The van der Waals surface area contributed by atoms with Crippen LogP contribution in [0.3, 0.4) is 0 Å². The van der Waals surface area contributed by atoms with Crippen LogP contribution in [0.5, 0.6) is 5.75 Å². The van der Waals surface area contributed by atoms with Gasteiger partial charge >= 0.3 is 0 Å². The van der Waals surface area contributed by atoms with Crippen molar-refractivity contribution >= 4 is 22.5 Å². The molecule has 0 unspecified atom stereocenters. The van der Waals surface area contributed by atoms with Crippen LogP contribution in [0.2, 0.25) is 0 Å². The van der Waals surface area contributed by atoms with Crippen LogP contribution in [0.4, 0.5) is 15.9 Å². The number of aromatic hydroxyl groups is 1. The zero-order valence-electron chi connectivity index (χ0n) is 13.3. The van der Waals surface area contributed by atoms with Crippen molar-refractivity contribution < 1.29 is 9.50 Å². The van der Waals surface area contributed by atoms with E-state index >= 15 is 0 Å². The fourth-order valence-corrected chi connectivity index (χ4v) is 2.62. The fraction of sp³-hybridized carbons (Fsp3) is 0.0556. The molecule has 2 N–H and O–H groups in total. The highest BCUT2D eigenvalue weighted by atomic mass is 19.1. The molecule has 0 bridgehead atoms. The number of anilines is 2. The molecule has 0 spiro atoms. The Hall–Kier alpha value is -3.48. The maximum atomic E-state index is 13.5. The highest BCUT2D eigenvalue weighted by Crippen LogP contribution is 2.30. The largest absolute Gasteiger partial charge is 0.506 e. The number of fused-ring (bicyclic) bond motifs is 1. The van der Waals surface area contributed by atoms with E-state index in [1.807, 2.05) is 19.1 Å². The normalized spacial score (nSPS) is 11.0. The van der Waals surface area contributed by atoms with E-state index < -0.39 is 0 Å². The maximum absolute atomic E-state index is 13.5. The van der Waals surface area contributed by atoms with Crippen molar-refractivity contribution in [1.82, 2.24) is 19.7 Å². The van der Waals surface area contributed by atoms with Crippen LogP contribution < -0.4 is 5.32 Å². The van der Waals surface area contributed by atoms with Crippen molar-refractivity contribution in [2.75, 3.05) is 5.32 Å². The summed E-state index contributed by atoms with van der Waals surface area (Å²) in [7, 11) is 0. The third-order valence-electron chi connectivity index (χ3n) is 3.82. The summed E-state index contributed by atoms with van der Waals surface area (Å²) in [4.78, 5) is 8.49. The molecule has 0 fully saturated rings. The van der Waals surface area contributed by atoms with Crippen molar-refractivity contribution in [3.05, 3.63) is 66.4 Å². The molecular formula is C18H14FN5O. The van der Waals surface area contributed by atoms with Crippen LogP contribution in [-0.4, -0.2) is 24.9 Å². The molecule has 6 nitrogen and oxygen atoms in total. The van der Waals surface area contributed by atoms with Gasteiger partial charge in [-0.2, -0.15) is 5.10 Å². The number of benzene rings is 2. The molecule has 2 aromatic carbocycles. The highest BCUT2D eigenvalue weighted by molar-refractivity contribution is 5.89. The molecule has 0 aliphatic rings. The van der Waals surface area contributed by atoms with Crippen LogP contribution in [0.1, 0.15) is 5.56 Å². The number of hydrogen-bond donors (Lipinski definition) is 2. The van der Waals surface area contributed by atoms with Crippen molar-refractivity contribution in [3.8, 4) is 11.4 Å². The number of halogens is 1. The second kappa shape index (κ2) is 5.86. The molecule has 0 amide bonds. The van der Waals surface area contributed by atoms with Gasteiger partial charge in [-0.1, -0.05) is 12.1 Å². The fourth-order valence-electron chi connectivity index (χ4n) is 2.62. The maximum Gasteiger partial charge on any atom is 0.168 e. The molecule has 2 heterocycles. The van der Waals surface area contributed by atoms with Gasteiger partial charge in [0, 0.05) is 0 Å².